The van der Waals surface area contributed by atoms with E-state index in [-0.39, 0.29) is 0 Å². The molecule has 1 heteroatoms. The number of hydrogen-bond donors (Lipinski definition) is 1. The lowest BCUT2D eigenvalue weighted by Gasteiger charge is -1.95. The second kappa shape index (κ2) is 4.69. The van der Waals surface area contributed by atoms with Gasteiger partial charge in [-0.15, -0.1) is 0 Å². The summed E-state index contributed by atoms with van der Waals surface area (Å²) in [5.74, 6) is 5.60. The molecule has 0 fully saturated rings. The molecule has 0 spiro atoms. The third kappa shape index (κ3) is 3.31. The first-order valence-corrected chi connectivity index (χ1v) is 4.51. The zero-order chi connectivity index (χ0) is 9.68. The molecule has 1 N–H and O–H groups in total. The summed E-state index contributed by atoms with van der Waals surface area (Å²) >= 11 is 0. The van der Waals surface area contributed by atoms with Gasteiger partial charge in [0, 0.05) is 5.56 Å². The van der Waals surface area contributed by atoms with Crippen LogP contribution in [0.5, 0.6) is 0 Å². The van der Waals surface area contributed by atoms with Crippen molar-refractivity contribution in [2.45, 2.75) is 26.4 Å². The van der Waals surface area contributed by atoms with Gasteiger partial charge in [0.15, 0.2) is 0 Å². The molecule has 1 nitrogen and oxygen atoms in total. The number of aliphatic hydroxyl groups is 1. The molecule has 1 aromatic rings. The molecule has 0 aliphatic rings. The third-order valence-corrected chi connectivity index (χ3v) is 1.79. The van der Waals surface area contributed by atoms with Crippen molar-refractivity contribution in [1.29, 1.82) is 0 Å². The summed E-state index contributed by atoms with van der Waals surface area (Å²) in [7, 11) is 0. The van der Waals surface area contributed by atoms with Crippen molar-refractivity contribution >= 4 is 0 Å². The van der Waals surface area contributed by atoms with Gasteiger partial charge in [0.1, 0.15) is 6.10 Å². The van der Waals surface area contributed by atoms with Gasteiger partial charge < -0.3 is 5.11 Å². The fourth-order valence-electron chi connectivity index (χ4n) is 1.01. The number of hydrogen-bond acceptors (Lipinski definition) is 1. The Kier molecular flexibility index (Phi) is 3.54. The minimum atomic E-state index is -0.550. The maximum Gasteiger partial charge on any atom is 0.112 e. The number of benzene rings is 1. The minimum absolute atomic E-state index is 0.550. The normalized spacial score (nSPS) is 11.6. The van der Waals surface area contributed by atoms with Crippen LogP contribution in [-0.2, 0) is 6.42 Å². The van der Waals surface area contributed by atoms with Crippen LogP contribution in [0.3, 0.4) is 0 Å². The molecule has 0 aliphatic heterocycles. The van der Waals surface area contributed by atoms with E-state index < -0.39 is 6.10 Å². The smallest absolute Gasteiger partial charge is 0.112 e. The lowest BCUT2D eigenvalue weighted by atomic mass is 10.1. The van der Waals surface area contributed by atoms with Crippen LogP contribution in [0, 0.1) is 11.8 Å². The molecule has 0 radical (unpaired) electrons. The summed E-state index contributed by atoms with van der Waals surface area (Å²) in [6.45, 7) is 3.78. The molecule has 0 bridgehead atoms. The summed E-state index contributed by atoms with van der Waals surface area (Å²) in [6.07, 6.45) is 0.496. The Bertz CT molecular complexity index is 311. The van der Waals surface area contributed by atoms with E-state index >= 15 is 0 Å². The lowest BCUT2D eigenvalue weighted by Crippen LogP contribution is -1.92. The van der Waals surface area contributed by atoms with Gasteiger partial charge in [-0.05, 0) is 31.0 Å². The van der Waals surface area contributed by atoms with Crippen LogP contribution in [0.4, 0.5) is 0 Å². The van der Waals surface area contributed by atoms with Gasteiger partial charge in [0.2, 0.25) is 0 Å². The third-order valence-electron chi connectivity index (χ3n) is 1.79. The van der Waals surface area contributed by atoms with Crippen molar-refractivity contribution in [1.82, 2.24) is 0 Å². The molecule has 1 rings (SSSR count). The molecule has 0 aliphatic carbocycles. The Hall–Kier alpha value is -1.26. The molecule has 0 saturated carbocycles. The zero-order valence-electron chi connectivity index (χ0n) is 8.04. The summed E-state index contributed by atoms with van der Waals surface area (Å²) in [4.78, 5) is 0. The van der Waals surface area contributed by atoms with Crippen molar-refractivity contribution in [3.63, 3.8) is 0 Å². The van der Waals surface area contributed by atoms with Gasteiger partial charge in [-0.1, -0.05) is 30.9 Å². The lowest BCUT2D eigenvalue weighted by molar-refractivity contribution is 0.253. The first kappa shape index (κ1) is 9.83. The second-order valence-corrected chi connectivity index (χ2v) is 3.00. The molecule has 68 valence electrons. The predicted molar refractivity (Wildman–Crippen MR) is 54.4 cm³/mol. The van der Waals surface area contributed by atoms with Crippen molar-refractivity contribution < 1.29 is 5.11 Å². The number of aryl methyl sites for hydroxylation is 1. The Morgan fingerprint density at radius 2 is 1.92 bits per heavy atom. The van der Waals surface area contributed by atoms with E-state index in [0.717, 1.165) is 12.0 Å². The quantitative estimate of drug-likeness (QED) is 0.645. The van der Waals surface area contributed by atoms with E-state index in [2.05, 4.69) is 30.9 Å². The van der Waals surface area contributed by atoms with Gasteiger partial charge in [0.25, 0.3) is 0 Å². The molecule has 1 aromatic carbocycles. The van der Waals surface area contributed by atoms with Gasteiger partial charge in [-0.3, -0.25) is 0 Å². The van der Waals surface area contributed by atoms with Crippen LogP contribution in [-0.4, -0.2) is 11.2 Å². The average molecular weight is 174 g/mol. The van der Waals surface area contributed by atoms with Crippen molar-refractivity contribution in [3.8, 4) is 11.8 Å². The highest BCUT2D eigenvalue weighted by Crippen LogP contribution is 2.03. The molecular formula is C12H14O. The van der Waals surface area contributed by atoms with Crippen molar-refractivity contribution in [3.05, 3.63) is 35.4 Å². The van der Waals surface area contributed by atoms with E-state index in [9.17, 15) is 0 Å². The molecule has 0 amide bonds. The van der Waals surface area contributed by atoms with E-state index in [1.165, 1.54) is 5.56 Å². The second-order valence-electron chi connectivity index (χ2n) is 3.00. The Morgan fingerprint density at radius 1 is 1.31 bits per heavy atom. The van der Waals surface area contributed by atoms with Gasteiger partial charge in [0.05, 0.1) is 0 Å². The Morgan fingerprint density at radius 3 is 2.38 bits per heavy atom. The van der Waals surface area contributed by atoms with E-state index in [1.54, 1.807) is 6.92 Å². The van der Waals surface area contributed by atoms with E-state index in [1.807, 2.05) is 12.1 Å². The standard InChI is InChI=1S/C12H14O/c1-3-11-6-8-12(9-7-11)5-4-10(2)13/h6-10,13H,3H2,1-2H3. The minimum Gasteiger partial charge on any atom is -0.381 e. The summed E-state index contributed by atoms with van der Waals surface area (Å²) in [5.41, 5.74) is 2.26. The summed E-state index contributed by atoms with van der Waals surface area (Å²) < 4.78 is 0. The maximum atomic E-state index is 8.94. The van der Waals surface area contributed by atoms with Crippen molar-refractivity contribution in [2.24, 2.45) is 0 Å². The van der Waals surface area contributed by atoms with Crippen LogP contribution in [0.25, 0.3) is 0 Å². The first-order valence-electron chi connectivity index (χ1n) is 4.51. The van der Waals surface area contributed by atoms with Crippen LogP contribution in [0.1, 0.15) is 25.0 Å². The topological polar surface area (TPSA) is 20.2 Å². The van der Waals surface area contributed by atoms with E-state index in [0.29, 0.717) is 0 Å². The van der Waals surface area contributed by atoms with Gasteiger partial charge in [-0.25, -0.2) is 0 Å². The highest BCUT2D eigenvalue weighted by Gasteiger charge is 1.89. The van der Waals surface area contributed by atoms with Crippen LogP contribution >= 0.6 is 0 Å². The average Bonchev–Trinajstić information content (AvgIpc) is 2.15. The predicted octanol–water partition coefficient (Wildman–Crippen LogP) is 1.98. The van der Waals surface area contributed by atoms with Crippen LogP contribution < -0.4 is 0 Å². The van der Waals surface area contributed by atoms with E-state index in [4.69, 9.17) is 5.11 Å². The highest BCUT2D eigenvalue weighted by atomic mass is 16.3. The Labute approximate surface area is 79.4 Å². The molecule has 1 unspecified atom stereocenters. The monoisotopic (exact) mass is 174 g/mol. The molecule has 0 aromatic heterocycles. The number of aliphatic hydroxyl groups excluding tert-OH is 1. The SMILES string of the molecule is CCc1ccc(C#CC(C)O)cc1. The molecule has 1 atom stereocenters. The molecular weight excluding hydrogens is 160 g/mol. The first-order chi connectivity index (χ1) is 6.22. The van der Waals surface area contributed by atoms with Gasteiger partial charge in [-0.2, -0.15) is 0 Å². The highest BCUT2D eigenvalue weighted by molar-refractivity contribution is 5.36. The molecule has 13 heavy (non-hydrogen) atoms. The zero-order valence-corrected chi connectivity index (χ0v) is 8.04. The molecule has 0 saturated heterocycles. The van der Waals surface area contributed by atoms with Gasteiger partial charge >= 0.3 is 0 Å². The largest absolute Gasteiger partial charge is 0.381 e. The van der Waals surface area contributed by atoms with Crippen LogP contribution in [0.2, 0.25) is 0 Å². The van der Waals surface area contributed by atoms with Crippen LogP contribution in [0.15, 0.2) is 24.3 Å². The summed E-state index contributed by atoms with van der Waals surface area (Å²) in [5, 5.41) is 8.94. The fourth-order valence-corrected chi connectivity index (χ4v) is 1.01. The maximum absolute atomic E-state index is 8.94. The Balaban J connectivity index is 2.77. The number of rotatable bonds is 1. The van der Waals surface area contributed by atoms with Crippen molar-refractivity contribution in [2.75, 3.05) is 0 Å². The molecule has 0 heterocycles. The summed E-state index contributed by atoms with van der Waals surface area (Å²) in [6, 6.07) is 8.08. The fraction of sp³-hybridized carbons (Fsp3) is 0.333.